The zero-order valence-corrected chi connectivity index (χ0v) is 11.4. The molecule has 1 atom stereocenters. The fourth-order valence-electron chi connectivity index (χ4n) is 0.867. The molecule has 0 saturated heterocycles. The minimum Gasteiger partial charge on any atom is -0.844 e. The average molecular weight is 296 g/mol. The Bertz CT molecular complexity index is 360. The van der Waals surface area contributed by atoms with Crippen molar-refractivity contribution in [3.63, 3.8) is 0 Å². The van der Waals surface area contributed by atoms with Crippen LogP contribution in [0.5, 0.6) is 0 Å². The van der Waals surface area contributed by atoms with E-state index < -0.39 is 5.47 Å². The van der Waals surface area contributed by atoms with Gasteiger partial charge in [0.15, 0.2) is 0 Å². The van der Waals surface area contributed by atoms with Gasteiger partial charge in [0.05, 0.1) is 0 Å². The molecule has 5 heteroatoms. The second-order valence-corrected chi connectivity index (χ2v) is 7.89. The quantitative estimate of drug-likeness (QED) is 0.346. The van der Waals surface area contributed by atoms with Gasteiger partial charge in [0, 0.05) is 0 Å². The number of hydrogen-bond acceptors (Lipinski definition) is 3. The molecule has 0 saturated carbocycles. The monoisotopic (exact) mass is 296 g/mol. The summed E-state index contributed by atoms with van der Waals surface area (Å²) in [6, 6.07) is 16.9. The van der Waals surface area contributed by atoms with Crippen molar-refractivity contribution in [1.82, 2.24) is 0 Å². The van der Waals surface area contributed by atoms with Crippen molar-refractivity contribution in [2.24, 2.45) is 0 Å². The van der Waals surface area contributed by atoms with Crippen molar-refractivity contribution in [3.8, 4) is 0 Å². The molecule has 1 nitrogen and oxygen atoms in total. The van der Waals surface area contributed by atoms with Crippen LogP contribution in [0.1, 0.15) is 0 Å². The molecule has 0 aliphatic heterocycles. The SMILES string of the molecule is [Fe+4].[O-]P(=S)([S-])[c-]1cccc1.c1cc[cH-]c1. The third-order valence-electron chi connectivity index (χ3n) is 1.52. The first-order chi connectivity index (χ1) is 6.61. The normalized spacial score (nSPS) is 12.9. The van der Waals surface area contributed by atoms with Crippen molar-refractivity contribution in [2.45, 2.75) is 0 Å². The van der Waals surface area contributed by atoms with Gasteiger partial charge in [-0.05, 0) is 0 Å². The fourth-order valence-corrected chi connectivity index (χ4v) is 2.13. The zero-order chi connectivity index (χ0) is 10.4. The zero-order valence-electron chi connectivity index (χ0n) is 7.72. The Kier molecular flexibility index (Phi) is 7.54. The van der Waals surface area contributed by atoms with Gasteiger partial charge in [0.2, 0.25) is 0 Å². The summed E-state index contributed by atoms with van der Waals surface area (Å²) in [6.07, 6.45) is 0. The van der Waals surface area contributed by atoms with E-state index in [9.17, 15) is 4.89 Å². The van der Waals surface area contributed by atoms with Gasteiger partial charge in [-0.25, -0.2) is 24.3 Å². The molecule has 1 unspecified atom stereocenters. The maximum absolute atomic E-state index is 10.9. The molecule has 15 heavy (non-hydrogen) atoms. The third kappa shape index (κ3) is 6.36. The van der Waals surface area contributed by atoms with Crippen molar-refractivity contribution in [1.29, 1.82) is 0 Å². The Labute approximate surface area is 111 Å². The fraction of sp³-hybridized carbons (Fsp3) is 0. The summed E-state index contributed by atoms with van der Waals surface area (Å²) < 4.78 is 0. The molecule has 0 spiro atoms. The van der Waals surface area contributed by atoms with E-state index in [-0.39, 0.29) is 17.1 Å². The standard InChI is InChI=1S/C5H6OPS2.C5H5.Fe/c6-7(8,9)5-3-1-2-4-5;1-2-4-5-3-1;/h1-4H,(H2,6,8,9);1-5H;/q2*-1;+4/p-2. The molecule has 0 aliphatic rings. The Morgan fingerprint density at radius 3 is 1.80 bits per heavy atom. The molecular weight excluding hydrogens is 287 g/mol. The van der Waals surface area contributed by atoms with E-state index in [1.165, 1.54) is 0 Å². The predicted molar refractivity (Wildman–Crippen MR) is 65.4 cm³/mol. The predicted octanol–water partition coefficient (Wildman–Crippen LogP) is 1.65. The van der Waals surface area contributed by atoms with Crippen LogP contribution in [0.3, 0.4) is 0 Å². The molecule has 0 heterocycles. The van der Waals surface area contributed by atoms with Crippen molar-refractivity contribution in [2.75, 3.05) is 0 Å². The van der Waals surface area contributed by atoms with Crippen LogP contribution >= 0.6 is 5.47 Å². The van der Waals surface area contributed by atoms with E-state index in [1.54, 1.807) is 24.3 Å². The second-order valence-electron chi connectivity index (χ2n) is 2.60. The van der Waals surface area contributed by atoms with Crippen LogP contribution in [0.15, 0.2) is 54.6 Å². The minimum absolute atomic E-state index is 0. The van der Waals surface area contributed by atoms with Crippen LogP contribution in [-0.2, 0) is 41.1 Å². The van der Waals surface area contributed by atoms with Crippen LogP contribution in [0.2, 0.25) is 0 Å². The van der Waals surface area contributed by atoms with Crippen LogP contribution in [0.25, 0.3) is 0 Å². The molecule has 2 aromatic rings. The Morgan fingerprint density at radius 2 is 1.60 bits per heavy atom. The molecule has 80 valence electrons. The minimum atomic E-state index is -2.80. The first-order valence-electron chi connectivity index (χ1n) is 4.02. The second kappa shape index (κ2) is 7.45. The molecule has 0 aromatic heterocycles. The summed E-state index contributed by atoms with van der Waals surface area (Å²) in [4.78, 5) is 10.9. The molecule has 0 N–H and O–H groups in total. The van der Waals surface area contributed by atoms with Gasteiger partial charge in [-0.2, -0.15) is 35.6 Å². The van der Waals surface area contributed by atoms with Gasteiger partial charge in [-0.15, -0.1) is 11.8 Å². The Morgan fingerprint density at radius 1 is 1.13 bits per heavy atom. The van der Waals surface area contributed by atoms with Gasteiger partial charge < -0.3 is 17.1 Å². The van der Waals surface area contributed by atoms with Crippen LogP contribution < -0.4 is 10.2 Å². The van der Waals surface area contributed by atoms with Gasteiger partial charge in [0.1, 0.15) is 0 Å². The number of hydrogen-bond donors (Lipinski definition) is 0. The molecule has 0 amide bonds. The van der Waals surface area contributed by atoms with Crippen LogP contribution in [0, 0.1) is 0 Å². The van der Waals surface area contributed by atoms with Crippen molar-refractivity contribution >= 4 is 34.8 Å². The molecule has 0 bridgehead atoms. The van der Waals surface area contributed by atoms with E-state index in [0.717, 1.165) is 0 Å². The first-order valence-corrected chi connectivity index (χ1v) is 7.75. The van der Waals surface area contributed by atoms with Gasteiger partial charge >= 0.3 is 17.1 Å². The van der Waals surface area contributed by atoms with E-state index >= 15 is 0 Å². The van der Waals surface area contributed by atoms with E-state index in [4.69, 9.17) is 0 Å². The molecular formula is C10H9FeOPS2. The van der Waals surface area contributed by atoms with Crippen LogP contribution in [-0.4, -0.2) is 0 Å². The van der Waals surface area contributed by atoms with Crippen LogP contribution in [0.4, 0.5) is 0 Å². The summed E-state index contributed by atoms with van der Waals surface area (Å²) in [5.41, 5.74) is -2.80. The van der Waals surface area contributed by atoms with E-state index in [0.29, 0.717) is 5.30 Å². The van der Waals surface area contributed by atoms with E-state index in [2.05, 4.69) is 24.1 Å². The summed E-state index contributed by atoms with van der Waals surface area (Å²) in [5, 5.41) is 0.604. The van der Waals surface area contributed by atoms with Crippen molar-refractivity contribution < 1.29 is 22.0 Å². The van der Waals surface area contributed by atoms with Gasteiger partial charge in [-0.3, -0.25) is 5.47 Å². The average Bonchev–Trinajstić information content (AvgIpc) is 2.80. The smallest absolute Gasteiger partial charge is 0.844 e. The molecule has 2 rings (SSSR count). The first kappa shape index (κ1) is 15.2. The maximum atomic E-state index is 10.9. The maximum Gasteiger partial charge on any atom is 4.00 e. The molecule has 0 radical (unpaired) electrons. The molecule has 0 aliphatic carbocycles. The summed E-state index contributed by atoms with van der Waals surface area (Å²) in [6.45, 7) is 0. The van der Waals surface area contributed by atoms with Gasteiger partial charge in [0.25, 0.3) is 0 Å². The number of rotatable bonds is 1. The summed E-state index contributed by atoms with van der Waals surface area (Å²) in [7, 11) is 0. The van der Waals surface area contributed by atoms with Crippen molar-refractivity contribution in [3.05, 3.63) is 54.6 Å². The van der Waals surface area contributed by atoms with E-state index in [1.807, 2.05) is 30.3 Å². The summed E-state index contributed by atoms with van der Waals surface area (Å²) in [5.74, 6) is 0. The molecule has 0 fully saturated rings. The third-order valence-corrected chi connectivity index (χ3v) is 3.71. The largest absolute Gasteiger partial charge is 4.00 e. The Hall–Kier alpha value is 0.179. The topological polar surface area (TPSA) is 23.1 Å². The van der Waals surface area contributed by atoms with Gasteiger partial charge in [-0.1, -0.05) is 0 Å². The molecule has 2 aromatic carbocycles. The Balaban J connectivity index is 0.000000280. The summed E-state index contributed by atoms with van der Waals surface area (Å²) >= 11 is 9.15.